The number of hydrogen-bond donors (Lipinski definition) is 0. The van der Waals surface area contributed by atoms with Gasteiger partial charge >= 0.3 is 0 Å². The van der Waals surface area contributed by atoms with Crippen molar-refractivity contribution >= 4 is 16.9 Å². The molecule has 142 valence electrons. The SMILES string of the molecule is CCOc1ccc(CCC2CCN(c3ncnc4c3cnn4C)CC2)cc1. The van der Waals surface area contributed by atoms with Crippen molar-refractivity contribution in [2.75, 3.05) is 24.6 Å². The third-order valence-corrected chi connectivity index (χ3v) is 5.50. The maximum absolute atomic E-state index is 5.52. The molecule has 27 heavy (non-hydrogen) atoms. The van der Waals surface area contributed by atoms with E-state index >= 15 is 0 Å². The minimum atomic E-state index is 0.718. The number of anilines is 1. The summed E-state index contributed by atoms with van der Waals surface area (Å²) in [7, 11) is 1.92. The summed E-state index contributed by atoms with van der Waals surface area (Å²) in [6, 6.07) is 8.55. The molecule has 0 aliphatic carbocycles. The van der Waals surface area contributed by atoms with Crippen LogP contribution in [-0.2, 0) is 13.5 Å². The molecule has 3 heterocycles. The van der Waals surface area contributed by atoms with Crippen LogP contribution in [0.1, 0.15) is 31.7 Å². The molecule has 1 saturated heterocycles. The molecule has 1 fully saturated rings. The lowest BCUT2D eigenvalue weighted by Crippen LogP contribution is -2.34. The van der Waals surface area contributed by atoms with E-state index in [1.165, 1.54) is 24.8 Å². The number of piperidine rings is 1. The summed E-state index contributed by atoms with van der Waals surface area (Å²) in [6.45, 7) is 4.83. The first-order chi connectivity index (χ1) is 13.2. The van der Waals surface area contributed by atoms with Crippen molar-refractivity contribution in [2.45, 2.75) is 32.6 Å². The molecule has 4 rings (SSSR count). The second-order valence-electron chi connectivity index (χ2n) is 7.25. The summed E-state index contributed by atoms with van der Waals surface area (Å²) in [5, 5.41) is 5.37. The molecule has 3 aromatic rings. The highest BCUT2D eigenvalue weighted by Gasteiger charge is 2.22. The van der Waals surface area contributed by atoms with Crippen molar-refractivity contribution in [3.05, 3.63) is 42.4 Å². The Morgan fingerprint density at radius 1 is 1.11 bits per heavy atom. The summed E-state index contributed by atoms with van der Waals surface area (Å²) >= 11 is 0. The van der Waals surface area contributed by atoms with E-state index in [1.54, 1.807) is 6.33 Å². The number of hydrogen-bond acceptors (Lipinski definition) is 5. The topological polar surface area (TPSA) is 56.1 Å². The van der Waals surface area contributed by atoms with Gasteiger partial charge in [0.25, 0.3) is 0 Å². The van der Waals surface area contributed by atoms with Gasteiger partial charge < -0.3 is 9.64 Å². The molecule has 0 saturated carbocycles. The maximum atomic E-state index is 5.52. The summed E-state index contributed by atoms with van der Waals surface area (Å²) in [4.78, 5) is 11.3. The molecule has 6 nitrogen and oxygen atoms in total. The van der Waals surface area contributed by atoms with Gasteiger partial charge in [0.2, 0.25) is 0 Å². The van der Waals surface area contributed by atoms with Crippen LogP contribution in [0.5, 0.6) is 5.75 Å². The second kappa shape index (κ2) is 7.94. The number of aryl methyl sites for hydroxylation is 2. The van der Waals surface area contributed by atoms with Gasteiger partial charge in [0.15, 0.2) is 5.65 Å². The Kier molecular flexibility index (Phi) is 5.23. The smallest absolute Gasteiger partial charge is 0.163 e. The first-order valence-corrected chi connectivity index (χ1v) is 9.84. The van der Waals surface area contributed by atoms with Crippen molar-refractivity contribution < 1.29 is 4.74 Å². The van der Waals surface area contributed by atoms with E-state index < -0.39 is 0 Å². The molecule has 6 heteroatoms. The van der Waals surface area contributed by atoms with Crippen molar-refractivity contribution in [1.29, 1.82) is 0 Å². The Bertz CT molecular complexity index is 881. The van der Waals surface area contributed by atoms with Crippen LogP contribution in [0.2, 0.25) is 0 Å². The first-order valence-electron chi connectivity index (χ1n) is 9.84. The highest BCUT2D eigenvalue weighted by Crippen LogP contribution is 2.29. The molecule has 1 aliphatic rings. The molecule has 0 atom stereocenters. The second-order valence-corrected chi connectivity index (χ2v) is 7.25. The highest BCUT2D eigenvalue weighted by atomic mass is 16.5. The average molecular weight is 365 g/mol. The largest absolute Gasteiger partial charge is 0.494 e. The zero-order valence-corrected chi connectivity index (χ0v) is 16.1. The van der Waals surface area contributed by atoms with Crippen LogP contribution in [0.25, 0.3) is 11.0 Å². The average Bonchev–Trinajstić information content (AvgIpc) is 3.09. The van der Waals surface area contributed by atoms with Crippen LogP contribution >= 0.6 is 0 Å². The van der Waals surface area contributed by atoms with E-state index in [1.807, 2.05) is 24.9 Å². The van der Waals surface area contributed by atoms with E-state index in [0.717, 1.165) is 54.6 Å². The van der Waals surface area contributed by atoms with Crippen molar-refractivity contribution in [3.63, 3.8) is 0 Å². The van der Waals surface area contributed by atoms with Crippen molar-refractivity contribution in [2.24, 2.45) is 13.0 Å². The Hall–Kier alpha value is -2.63. The Morgan fingerprint density at radius 3 is 2.63 bits per heavy atom. The molecule has 0 bridgehead atoms. The summed E-state index contributed by atoms with van der Waals surface area (Å²) in [5.41, 5.74) is 2.30. The molecule has 0 spiro atoms. The Labute approximate surface area is 160 Å². The number of ether oxygens (including phenoxy) is 1. The van der Waals surface area contributed by atoms with E-state index in [9.17, 15) is 0 Å². The number of fused-ring (bicyclic) bond motifs is 1. The lowest BCUT2D eigenvalue weighted by atomic mass is 9.90. The van der Waals surface area contributed by atoms with E-state index in [0.29, 0.717) is 0 Å². The van der Waals surface area contributed by atoms with Crippen molar-refractivity contribution in [1.82, 2.24) is 19.7 Å². The van der Waals surface area contributed by atoms with Gasteiger partial charge in [0, 0.05) is 20.1 Å². The molecular formula is C21H27N5O. The minimum absolute atomic E-state index is 0.718. The van der Waals surface area contributed by atoms with Gasteiger partial charge in [-0.25, -0.2) is 9.97 Å². The van der Waals surface area contributed by atoms with Crippen LogP contribution in [0.3, 0.4) is 0 Å². The summed E-state index contributed by atoms with van der Waals surface area (Å²) in [5.74, 6) is 2.76. The lowest BCUT2D eigenvalue weighted by Gasteiger charge is -2.33. The zero-order chi connectivity index (χ0) is 18.6. The molecule has 1 aliphatic heterocycles. The predicted octanol–water partition coefficient (Wildman–Crippen LogP) is 3.61. The standard InChI is InChI=1S/C21H27N5O/c1-3-27-18-8-6-16(7-9-18)4-5-17-10-12-26(13-11-17)21-19-14-24-25(2)20(19)22-15-23-21/h6-9,14-15,17H,3-5,10-13H2,1-2H3. The van der Waals surface area contributed by atoms with Gasteiger partial charge in [0.1, 0.15) is 17.9 Å². The summed E-state index contributed by atoms with van der Waals surface area (Å²) < 4.78 is 7.33. The quantitative estimate of drug-likeness (QED) is 0.668. The predicted molar refractivity (Wildman–Crippen MR) is 107 cm³/mol. The fourth-order valence-corrected chi connectivity index (χ4v) is 3.92. The van der Waals surface area contributed by atoms with Crippen LogP contribution < -0.4 is 9.64 Å². The molecule has 0 radical (unpaired) electrons. The van der Waals surface area contributed by atoms with Crippen molar-refractivity contribution in [3.8, 4) is 5.75 Å². The van der Waals surface area contributed by atoms with Crippen LogP contribution in [-0.4, -0.2) is 39.4 Å². The fraction of sp³-hybridized carbons (Fsp3) is 0.476. The van der Waals surface area contributed by atoms with Crippen LogP contribution in [0.4, 0.5) is 5.82 Å². The van der Waals surface area contributed by atoms with Gasteiger partial charge in [-0.2, -0.15) is 5.10 Å². The number of nitrogens with zero attached hydrogens (tertiary/aromatic N) is 5. The molecule has 2 aromatic heterocycles. The van der Waals surface area contributed by atoms with Gasteiger partial charge in [-0.1, -0.05) is 12.1 Å². The lowest BCUT2D eigenvalue weighted by molar-refractivity contribution is 0.340. The number of aromatic nitrogens is 4. The van der Waals surface area contributed by atoms with Crippen LogP contribution in [0, 0.1) is 5.92 Å². The zero-order valence-electron chi connectivity index (χ0n) is 16.1. The molecule has 0 N–H and O–H groups in total. The minimum Gasteiger partial charge on any atom is -0.494 e. The first kappa shape index (κ1) is 17.8. The third kappa shape index (κ3) is 3.89. The molecular weight excluding hydrogens is 338 g/mol. The highest BCUT2D eigenvalue weighted by molar-refractivity contribution is 5.86. The van der Waals surface area contributed by atoms with E-state index in [2.05, 4.69) is 44.2 Å². The van der Waals surface area contributed by atoms with Gasteiger partial charge in [-0.05, 0) is 56.2 Å². The van der Waals surface area contributed by atoms with Gasteiger partial charge in [-0.15, -0.1) is 0 Å². The summed E-state index contributed by atoms with van der Waals surface area (Å²) in [6.07, 6.45) is 8.33. The van der Waals surface area contributed by atoms with E-state index in [-0.39, 0.29) is 0 Å². The molecule has 1 aromatic carbocycles. The maximum Gasteiger partial charge on any atom is 0.163 e. The number of rotatable bonds is 6. The number of benzene rings is 1. The van der Waals surface area contributed by atoms with Gasteiger partial charge in [-0.3, -0.25) is 4.68 Å². The third-order valence-electron chi connectivity index (χ3n) is 5.50. The van der Waals surface area contributed by atoms with Crippen LogP contribution in [0.15, 0.2) is 36.8 Å². The van der Waals surface area contributed by atoms with E-state index in [4.69, 9.17) is 4.74 Å². The fourth-order valence-electron chi connectivity index (χ4n) is 3.92. The normalized spacial score (nSPS) is 15.4. The Morgan fingerprint density at radius 2 is 1.89 bits per heavy atom. The molecule has 0 amide bonds. The Balaban J connectivity index is 1.32. The monoisotopic (exact) mass is 365 g/mol. The molecule has 0 unspecified atom stereocenters. The van der Waals surface area contributed by atoms with Gasteiger partial charge in [0.05, 0.1) is 18.2 Å².